The minimum Gasteiger partial charge on any atom is -0.460 e. The molecule has 2 aliphatic carbocycles. The van der Waals surface area contributed by atoms with Crippen LogP contribution in [0.3, 0.4) is 0 Å². The van der Waals surface area contributed by atoms with Crippen LogP contribution >= 0.6 is 23.2 Å². The molecule has 0 atom stereocenters. The fraction of sp³-hybridized carbons (Fsp3) is 0.667. The van der Waals surface area contributed by atoms with E-state index in [4.69, 9.17) is 27.9 Å². The zero-order chi connectivity index (χ0) is 18.6. The Morgan fingerprint density at radius 1 is 1.16 bits per heavy atom. The third-order valence-corrected chi connectivity index (χ3v) is 5.51. The van der Waals surface area contributed by atoms with Crippen molar-refractivity contribution >= 4 is 29.2 Å². The molecule has 3 nitrogen and oxygen atoms in total. The first kappa shape index (κ1) is 18.8. The molecule has 0 bridgehead atoms. The summed E-state index contributed by atoms with van der Waals surface area (Å²) in [7, 11) is 0. The van der Waals surface area contributed by atoms with Gasteiger partial charge in [-0.3, -0.25) is 4.79 Å². The van der Waals surface area contributed by atoms with Crippen molar-refractivity contribution in [3.63, 3.8) is 0 Å². The van der Waals surface area contributed by atoms with Gasteiger partial charge >= 0.3 is 5.97 Å². The Kier molecular flexibility index (Phi) is 4.56. The molecule has 1 heterocycles. The fourth-order valence-corrected chi connectivity index (χ4v) is 4.47. The summed E-state index contributed by atoms with van der Waals surface area (Å²) in [6.07, 6.45) is 2.06. The average Bonchev–Trinajstić information content (AvgIpc) is 2.31. The number of nitrogens with zero attached hydrogens (tertiary/aromatic N) is 1. The maximum atomic E-state index is 14.7. The van der Waals surface area contributed by atoms with E-state index in [0.717, 1.165) is 0 Å². The zero-order valence-corrected chi connectivity index (χ0v) is 15.9. The van der Waals surface area contributed by atoms with Gasteiger partial charge in [0.05, 0.1) is 5.92 Å². The van der Waals surface area contributed by atoms with Crippen LogP contribution in [-0.2, 0) is 15.5 Å². The monoisotopic (exact) mass is 391 g/mol. The van der Waals surface area contributed by atoms with Gasteiger partial charge in [-0.15, -0.1) is 0 Å². The quantitative estimate of drug-likeness (QED) is 0.495. The number of alkyl halides is 2. The second-order valence-corrected chi connectivity index (χ2v) is 9.14. The van der Waals surface area contributed by atoms with Crippen molar-refractivity contribution in [1.29, 1.82) is 0 Å². The average molecular weight is 392 g/mol. The normalized spacial score (nSPS) is 29.1. The third-order valence-electron chi connectivity index (χ3n) is 5.12. The molecule has 0 N–H and O–H groups in total. The summed E-state index contributed by atoms with van der Waals surface area (Å²) >= 11 is 11.5. The van der Waals surface area contributed by atoms with Crippen molar-refractivity contribution in [3.8, 4) is 0 Å². The maximum absolute atomic E-state index is 14.7. The molecule has 2 aliphatic rings. The fourth-order valence-electron chi connectivity index (χ4n) is 4.01. The summed E-state index contributed by atoms with van der Waals surface area (Å²) < 4.78 is 34.8. The van der Waals surface area contributed by atoms with Crippen LogP contribution in [-0.4, -0.2) is 16.6 Å². The molecule has 7 heteroatoms. The second-order valence-electron chi connectivity index (χ2n) is 8.37. The van der Waals surface area contributed by atoms with Crippen LogP contribution in [0.1, 0.15) is 52.0 Å². The number of pyridine rings is 1. The number of ether oxygens (including phenoxy) is 1. The van der Waals surface area contributed by atoms with Gasteiger partial charge in [-0.25, -0.2) is 13.8 Å². The molecule has 1 aromatic rings. The summed E-state index contributed by atoms with van der Waals surface area (Å²) in [5, 5.41) is -0.0744. The Balaban J connectivity index is 1.59. The van der Waals surface area contributed by atoms with Gasteiger partial charge in [0, 0.05) is 11.5 Å². The number of halogens is 4. The first-order valence-electron chi connectivity index (χ1n) is 8.34. The molecular formula is C18H21Cl2F2NO2. The third kappa shape index (κ3) is 3.77. The lowest BCUT2D eigenvalue weighted by molar-refractivity contribution is -0.196. The van der Waals surface area contributed by atoms with Gasteiger partial charge in [-0.1, -0.05) is 23.2 Å². The minimum absolute atomic E-state index is 0.0372. The summed E-state index contributed by atoms with van der Waals surface area (Å²) in [5.74, 6) is -4.15. The van der Waals surface area contributed by atoms with Gasteiger partial charge < -0.3 is 4.74 Å². The predicted molar refractivity (Wildman–Crippen MR) is 91.9 cm³/mol. The van der Waals surface area contributed by atoms with Gasteiger partial charge in [-0.2, -0.15) is 0 Å². The van der Waals surface area contributed by atoms with Gasteiger partial charge in [-0.05, 0) is 64.0 Å². The SMILES string of the molecule is CC(C)(C)OC(=O)C1CC2(C1)CC(C(F)(F)c1cc(Cl)nc(Cl)c1)C2. The molecule has 0 amide bonds. The lowest BCUT2D eigenvalue weighted by atomic mass is 9.47. The molecule has 0 aromatic carbocycles. The van der Waals surface area contributed by atoms with Gasteiger partial charge in [0.25, 0.3) is 5.92 Å². The molecule has 2 saturated carbocycles. The standard InChI is InChI=1S/C18H21Cl2F2NO2/c1-16(2,3)25-15(24)10-6-17(7-10)8-12(9-17)18(21,22)11-4-13(19)23-14(20)5-11/h4-5,10,12H,6-9H2,1-3H3. The van der Waals surface area contributed by atoms with Crippen molar-refractivity contribution in [2.24, 2.45) is 17.3 Å². The Morgan fingerprint density at radius 3 is 2.16 bits per heavy atom. The van der Waals surface area contributed by atoms with Gasteiger partial charge in [0.1, 0.15) is 15.9 Å². The van der Waals surface area contributed by atoms with Crippen molar-refractivity contribution < 1.29 is 18.3 Å². The number of aromatic nitrogens is 1. The van der Waals surface area contributed by atoms with Crippen molar-refractivity contribution in [1.82, 2.24) is 4.98 Å². The van der Waals surface area contributed by atoms with Crippen LogP contribution in [0.2, 0.25) is 10.3 Å². The molecule has 25 heavy (non-hydrogen) atoms. The van der Waals surface area contributed by atoms with E-state index in [1.165, 1.54) is 12.1 Å². The number of carbonyl (C=O) groups excluding carboxylic acids is 1. The van der Waals surface area contributed by atoms with Crippen LogP contribution < -0.4 is 0 Å². The van der Waals surface area contributed by atoms with Crippen molar-refractivity contribution in [2.45, 2.75) is 58.0 Å². The lowest BCUT2D eigenvalue weighted by Gasteiger charge is -2.58. The highest BCUT2D eigenvalue weighted by molar-refractivity contribution is 6.32. The van der Waals surface area contributed by atoms with Crippen LogP contribution in [0.5, 0.6) is 0 Å². The molecule has 1 spiro atoms. The Hall–Kier alpha value is -0.940. The predicted octanol–water partition coefficient (Wildman–Crippen LogP) is 5.63. The highest BCUT2D eigenvalue weighted by Crippen LogP contribution is 2.66. The smallest absolute Gasteiger partial charge is 0.309 e. The number of rotatable bonds is 3. The molecule has 2 fully saturated rings. The van der Waals surface area contributed by atoms with E-state index in [1.54, 1.807) is 0 Å². The molecule has 138 valence electrons. The lowest BCUT2D eigenvalue weighted by Crippen LogP contribution is -2.54. The van der Waals surface area contributed by atoms with Gasteiger partial charge in [0.2, 0.25) is 0 Å². The van der Waals surface area contributed by atoms with E-state index in [0.29, 0.717) is 25.7 Å². The van der Waals surface area contributed by atoms with E-state index in [2.05, 4.69) is 4.98 Å². The van der Waals surface area contributed by atoms with Crippen LogP contribution in [0.4, 0.5) is 8.78 Å². The number of hydrogen-bond donors (Lipinski definition) is 0. The van der Waals surface area contributed by atoms with E-state index < -0.39 is 17.4 Å². The molecule has 0 aliphatic heterocycles. The molecule has 3 rings (SSSR count). The van der Waals surface area contributed by atoms with E-state index >= 15 is 0 Å². The van der Waals surface area contributed by atoms with Crippen LogP contribution in [0, 0.1) is 17.3 Å². The second kappa shape index (κ2) is 6.05. The number of carbonyl (C=O) groups is 1. The Morgan fingerprint density at radius 2 is 1.68 bits per heavy atom. The summed E-state index contributed by atoms with van der Waals surface area (Å²) in [6.45, 7) is 5.47. The number of esters is 1. The zero-order valence-electron chi connectivity index (χ0n) is 14.4. The molecular weight excluding hydrogens is 371 g/mol. The van der Waals surface area contributed by atoms with Crippen molar-refractivity contribution in [3.05, 3.63) is 28.0 Å². The van der Waals surface area contributed by atoms with E-state index in [-0.39, 0.29) is 33.2 Å². The highest BCUT2D eigenvalue weighted by Gasteiger charge is 2.61. The first-order chi connectivity index (χ1) is 11.4. The Bertz CT molecular complexity index is 669. The highest BCUT2D eigenvalue weighted by atomic mass is 35.5. The maximum Gasteiger partial charge on any atom is 0.309 e. The van der Waals surface area contributed by atoms with Gasteiger partial charge in [0.15, 0.2) is 0 Å². The summed E-state index contributed by atoms with van der Waals surface area (Å²) in [6, 6.07) is 2.34. The van der Waals surface area contributed by atoms with Crippen LogP contribution in [0.15, 0.2) is 12.1 Å². The topological polar surface area (TPSA) is 39.2 Å². The number of hydrogen-bond acceptors (Lipinski definition) is 3. The molecule has 0 radical (unpaired) electrons. The van der Waals surface area contributed by atoms with E-state index in [9.17, 15) is 13.6 Å². The van der Waals surface area contributed by atoms with Crippen LogP contribution in [0.25, 0.3) is 0 Å². The van der Waals surface area contributed by atoms with Crippen molar-refractivity contribution in [2.75, 3.05) is 0 Å². The minimum atomic E-state index is -3.00. The largest absolute Gasteiger partial charge is 0.460 e. The molecule has 0 saturated heterocycles. The first-order valence-corrected chi connectivity index (χ1v) is 9.10. The molecule has 1 aromatic heterocycles. The Labute approximate surface area is 156 Å². The van der Waals surface area contributed by atoms with E-state index in [1.807, 2.05) is 20.8 Å². The summed E-state index contributed by atoms with van der Waals surface area (Å²) in [5.41, 5.74) is -0.856. The summed E-state index contributed by atoms with van der Waals surface area (Å²) in [4.78, 5) is 15.7. The molecule has 0 unspecified atom stereocenters.